The normalized spacial score (nSPS) is 19.9. The van der Waals surface area contributed by atoms with Crippen molar-refractivity contribution in [2.75, 3.05) is 85.8 Å². The van der Waals surface area contributed by atoms with Gasteiger partial charge in [0.2, 0.25) is 10.0 Å². The topological polar surface area (TPSA) is 368 Å². The molecule has 85 heavy (non-hydrogen) atoms. The van der Waals surface area contributed by atoms with E-state index in [1.54, 1.807) is 63.2 Å². The molecule has 0 spiro atoms. The van der Waals surface area contributed by atoms with Gasteiger partial charge in [-0.15, -0.1) is 9.29 Å². The third-order valence-corrected chi connectivity index (χ3v) is 17.5. The molecule has 2 saturated heterocycles. The van der Waals surface area contributed by atoms with E-state index in [1.807, 2.05) is 6.92 Å². The van der Waals surface area contributed by atoms with Gasteiger partial charge in [0, 0.05) is 40.3 Å². The summed E-state index contributed by atoms with van der Waals surface area (Å²) in [7, 11) is 2.25. The number of aromatic nitrogens is 8. The molecule has 10 rings (SSSR count). The fourth-order valence-electron chi connectivity index (χ4n) is 10.5. The summed E-state index contributed by atoms with van der Waals surface area (Å²) in [6, 6.07) is 11.4. The van der Waals surface area contributed by atoms with Crippen LogP contribution in [-0.4, -0.2) is 213 Å². The number of carbonyl (C=O) groups is 2. The van der Waals surface area contributed by atoms with Gasteiger partial charge in [-0.05, 0) is 37.6 Å². The lowest BCUT2D eigenvalue weighted by molar-refractivity contribution is -1.09. The van der Waals surface area contributed by atoms with E-state index >= 15 is 0 Å². The van der Waals surface area contributed by atoms with E-state index < -0.39 is 87.9 Å². The number of H-pyrrole nitrogens is 1. The van der Waals surface area contributed by atoms with Crippen LogP contribution in [0.15, 0.2) is 91.1 Å². The summed E-state index contributed by atoms with van der Waals surface area (Å²) in [5.74, 6) is -3.85. The second-order valence-corrected chi connectivity index (χ2v) is 23.2. The number of benzene rings is 2. The number of rotatable bonds is 19. The first-order chi connectivity index (χ1) is 40.4. The molecule has 6 aromatic rings. The molecule has 2 fully saturated rings. The molecule has 458 valence electrons. The predicted octanol–water partition coefficient (Wildman–Crippen LogP) is -0.504. The van der Waals surface area contributed by atoms with Crippen LogP contribution in [0.4, 0.5) is 5.69 Å². The molecular formula is C53H67ClN12O18S+2. The molecule has 4 aliphatic rings. The smallest absolute Gasteiger partial charge is 0.378 e. The van der Waals surface area contributed by atoms with Gasteiger partial charge >= 0.3 is 17.6 Å². The number of quaternary nitrogens is 2. The Hall–Kier alpha value is -7.72. The Labute approximate surface area is 489 Å². The van der Waals surface area contributed by atoms with Crippen molar-refractivity contribution in [2.45, 2.75) is 62.5 Å². The van der Waals surface area contributed by atoms with Crippen molar-refractivity contribution >= 4 is 61.4 Å². The number of hydrogen-bond donors (Lipinski definition) is 7. The molecule has 4 unspecified atom stereocenters. The van der Waals surface area contributed by atoms with Crippen LogP contribution in [0.5, 0.6) is 5.75 Å². The first-order valence-corrected chi connectivity index (χ1v) is 29.0. The van der Waals surface area contributed by atoms with Gasteiger partial charge in [-0.2, -0.15) is 9.40 Å². The second-order valence-electron chi connectivity index (χ2n) is 20.9. The van der Waals surface area contributed by atoms with Gasteiger partial charge in [-0.3, -0.25) is 28.3 Å². The molecule has 0 saturated carbocycles. The zero-order chi connectivity index (χ0) is 61.4. The maximum atomic E-state index is 13.8. The maximum Gasteiger partial charge on any atom is 0.378 e. The molecule has 4 aliphatic heterocycles. The van der Waals surface area contributed by atoms with Crippen molar-refractivity contribution < 1.29 is 77.2 Å². The standard InChI is InChI=1S/C28H36N6O10S.C25H29ClN6O8/c1-5-7-18-21-22(32(3)31-18)27(38)30-26(29-21)17-14-16(8-9-20(17)42-6-2)45(40,41)33-10-12-34(4,13-11-33)44-25-23(37)28(39)43-24(25)19(36)15-35;1-28-22-18(23(36)29(2)25(28)38)31(14-27-22)8-7-30-9-11-32(12-10-30,16-6-4-3-5-15(16)26)40-21-19(35)24(37)39-20(21)17(34)13-33/h8-9,14,19,24,35-36H,5-7,10-13,15H2,1-4H3,(H-,29,30,37,38);3-6,14,17,20,33-34H,7-13H2,1-2H3/p+2. The minimum Gasteiger partial charge on any atom is -0.499 e. The molecule has 2 aromatic carbocycles. The van der Waals surface area contributed by atoms with Crippen molar-refractivity contribution in [2.24, 2.45) is 21.1 Å². The highest BCUT2D eigenvalue weighted by Gasteiger charge is 2.50. The first-order valence-electron chi connectivity index (χ1n) is 27.2. The number of aryl methyl sites for hydroxylation is 3. The summed E-state index contributed by atoms with van der Waals surface area (Å²) in [6.07, 6.45) is -2.83. The number of sulfonamides is 1. The van der Waals surface area contributed by atoms with Crippen molar-refractivity contribution in [3.8, 4) is 17.1 Å². The van der Waals surface area contributed by atoms with Crippen molar-refractivity contribution in [1.29, 1.82) is 0 Å². The Morgan fingerprint density at radius 2 is 1.45 bits per heavy atom. The number of imidazole rings is 1. The second kappa shape index (κ2) is 24.7. The fourth-order valence-corrected chi connectivity index (χ4v) is 12.3. The molecule has 30 nitrogen and oxygen atoms in total. The Morgan fingerprint density at radius 1 is 0.824 bits per heavy atom. The highest BCUT2D eigenvalue weighted by Crippen LogP contribution is 2.39. The number of fused-ring (bicyclic) bond motifs is 2. The highest BCUT2D eigenvalue weighted by molar-refractivity contribution is 7.89. The Balaban J connectivity index is 0.000000205. The van der Waals surface area contributed by atoms with Gasteiger partial charge in [0.15, 0.2) is 34.6 Å². The molecule has 4 atom stereocenters. The lowest BCUT2D eigenvalue weighted by atomic mass is 10.1. The van der Waals surface area contributed by atoms with Gasteiger partial charge in [0.05, 0.1) is 68.5 Å². The molecule has 7 N–H and O–H groups in total. The zero-order valence-electron chi connectivity index (χ0n) is 47.3. The number of hydrogen-bond acceptors (Lipinski definition) is 22. The number of aliphatic hydroxyl groups is 6. The summed E-state index contributed by atoms with van der Waals surface area (Å²) < 4.78 is 49.9. The summed E-state index contributed by atoms with van der Waals surface area (Å²) in [5, 5.41) is 64.4. The number of aliphatic hydroxyl groups excluding tert-OH is 6. The van der Waals surface area contributed by atoms with E-state index in [4.69, 9.17) is 35.5 Å². The largest absolute Gasteiger partial charge is 0.499 e. The van der Waals surface area contributed by atoms with Crippen LogP contribution in [0, 0.1) is 0 Å². The quantitative estimate of drug-likeness (QED) is 0.0397. The average Bonchev–Trinajstić information content (AvgIpc) is 2.45. The van der Waals surface area contributed by atoms with Gasteiger partial charge < -0.3 is 64.1 Å². The maximum absolute atomic E-state index is 13.8. The molecule has 4 aromatic heterocycles. The summed E-state index contributed by atoms with van der Waals surface area (Å²) in [6.45, 7) is 5.57. The van der Waals surface area contributed by atoms with Gasteiger partial charge in [-0.1, -0.05) is 37.1 Å². The number of nitrogens with zero attached hydrogens (tertiary/aromatic N) is 11. The van der Waals surface area contributed by atoms with Crippen LogP contribution in [-0.2, 0) is 72.9 Å². The molecule has 0 bridgehead atoms. The number of piperazine rings is 2. The van der Waals surface area contributed by atoms with E-state index in [-0.39, 0.29) is 57.7 Å². The number of nitrogens with one attached hydrogen (secondary N) is 1. The summed E-state index contributed by atoms with van der Waals surface area (Å²) in [4.78, 5) is 88.1. The third kappa shape index (κ3) is 11.9. The van der Waals surface area contributed by atoms with E-state index in [0.717, 1.165) is 11.0 Å². The van der Waals surface area contributed by atoms with Gasteiger partial charge in [-0.25, -0.2) is 32.8 Å². The summed E-state index contributed by atoms with van der Waals surface area (Å²) >= 11 is 6.55. The SMILES string of the molecule is CCCc1nn(C)c2c(=O)[nH]c(-c3cc(S(=O)(=O)N4CC[N+](C)(OC5=C(O)C(=O)OC5C(O)CO)CC4)ccc3OCC)nc12.Cn1c(=O)c2c(ncn2CCN2CC[N+](OC3=C(O)C(=O)OC3C(O)CO)(c3ccccc3Cl)CC2)n(C)c1=O. The monoisotopic (exact) mass is 1230 g/mol. The number of cyclic esters (lactones) is 2. The number of halogens is 1. The first kappa shape index (κ1) is 61.8. The lowest BCUT2D eigenvalue weighted by Crippen LogP contribution is -2.61. The van der Waals surface area contributed by atoms with Crippen LogP contribution < -0.4 is 26.2 Å². The van der Waals surface area contributed by atoms with Crippen LogP contribution >= 0.6 is 11.6 Å². The van der Waals surface area contributed by atoms with E-state index in [9.17, 15) is 63.0 Å². The van der Waals surface area contributed by atoms with Crippen molar-refractivity contribution in [3.05, 3.63) is 114 Å². The molecule has 0 amide bonds. The zero-order valence-corrected chi connectivity index (χ0v) is 48.9. The highest BCUT2D eigenvalue weighted by atomic mass is 35.5. The average molecular weight is 1230 g/mol. The number of esters is 2. The molecule has 0 radical (unpaired) electrons. The Bertz CT molecular complexity index is 3910. The van der Waals surface area contributed by atoms with Crippen LogP contribution in [0.25, 0.3) is 33.6 Å². The molecule has 0 aliphatic carbocycles. The number of ether oxygens (including phenoxy) is 3. The molecule has 8 heterocycles. The van der Waals surface area contributed by atoms with Gasteiger partial charge in [0.1, 0.15) is 67.5 Å². The third-order valence-electron chi connectivity index (χ3n) is 15.3. The van der Waals surface area contributed by atoms with Crippen molar-refractivity contribution in [1.82, 2.24) is 52.3 Å². The Morgan fingerprint density at radius 3 is 2.05 bits per heavy atom. The Kier molecular flexibility index (Phi) is 18.0. The van der Waals surface area contributed by atoms with Crippen molar-refractivity contribution in [3.63, 3.8) is 0 Å². The number of aromatic amines is 1. The number of likely N-dealkylation sites (N-methyl/N-ethyl adjacent to an activating group) is 1. The number of carbonyl (C=O) groups excluding carboxylic acids is 2. The fraction of sp³-hybridized carbons (Fsp3) is 0.472. The molecular weight excluding hydrogens is 1160 g/mol. The van der Waals surface area contributed by atoms with E-state index in [0.29, 0.717) is 102 Å². The minimum atomic E-state index is -4.05. The lowest BCUT2D eigenvalue weighted by Gasteiger charge is -2.42. The van der Waals surface area contributed by atoms with Crippen LogP contribution in [0.1, 0.15) is 26.0 Å². The number of para-hydroxylation sites is 1. The van der Waals surface area contributed by atoms with Gasteiger partial charge in [0.25, 0.3) is 34.2 Å². The van der Waals surface area contributed by atoms with Crippen LogP contribution in [0.3, 0.4) is 0 Å². The van der Waals surface area contributed by atoms with E-state index in [1.165, 1.54) is 38.8 Å². The predicted molar refractivity (Wildman–Crippen MR) is 301 cm³/mol. The number of hydroxylamine groups is 5. The minimum absolute atomic E-state index is 0.00848. The molecule has 32 heteroatoms. The summed E-state index contributed by atoms with van der Waals surface area (Å²) in [5.41, 5.74) is 1.67. The van der Waals surface area contributed by atoms with E-state index in [2.05, 4.69) is 25.0 Å². The van der Waals surface area contributed by atoms with Crippen LogP contribution in [0.2, 0.25) is 5.02 Å².